The zero-order valence-electron chi connectivity index (χ0n) is 9.93. The third kappa shape index (κ3) is 1.80. The molecule has 18 heavy (non-hydrogen) atoms. The Morgan fingerprint density at radius 2 is 1.83 bits per heavy atom. The molecule has 0 amide bonds. The summed E-state index contributed by atoms with van der Waals surface area (Å²) in [5, 5.41) is 9.10. The zero-order valence-corrected chi connectivity index (χ0v) is 10.7. The molecule has 92 valence electrons. The van der Waals surface area contributed by atoms with E-state index in [1.54, 1.807) is 0 Å². The highest BCUT2D eigenvalue weighted by molar-refractivity contribution is 7.85. The normalized spacial score (nSPS) is 17.1. The maximum Gasteiger partial charge on any atom is 0.0858 e. The van der Waals surface area contributed by atoms with Crippen LogP contribution in [-0.4, -0.2) is 15.9 Å². The Hall–Kier alpha value is -1.45. The van der Waals surface area contributed by atoms with Crippen LogP contribution >= 0.6 is 0 Å². The van der Waals surface area contributed by atoms with Crippen molar-refractivity contribution in [1.29, 1.82) is 0 Å². The molecule has 1 N–H and O–H groups in total. The predicted octanol–water partition coefficient (Wildman–Crippen LogP) is 2.29. The van der Waals surface area contributed by atoms with Gasteiger partial charge in [0.15, 0.2) is 0 Å². The quantitative estimate of drug-likeness (QED) is 0.766. The highest BCUT2D eigenvalue weighted by Gasteiger charge is 2.23. The van der Waals surface area contributed by atoms with Gasteiger partial charge in [0.05, 0.1) is 15.7 Å². The van der Waals surface area contributed by atoms with Gasteiger partial charge in [0, 0.05) is 11.5 Å². The molecule has 0 radical (unpaired) electrons. The average molecular weight is 258 g/mol. The van der Waals surface area contributed by atoms with Crippen molar-refractivity contribution < 1.29 is 9.32 Å². The van der Waals surface area contributed by atoms with E-state index in [1.807, 2.05) is 42.5 Å². The van der Waals surface area contributed by atoms with Crippen molar-refractivity contribution >= 4 is 10.8 Å². The fourth-order valence-electron chi connectivity index (χ4n) is 2.48. The second-order valence-electron chi connectivity index (χ2n) is 4.43. The van der Waals surface area contributed by atoms with Gasteiger partial charge in [-0.1, -0.05) is 36.4 Å². The van der Waals surface area contributed by atoms with Crippen molar-refractivity contribution in [3.63, 3.8) is 0 Å². The highest BCUT2D eigenvalue weighted by Crippen LogP contribution is 2.33. The first-order valence-electron chi connectivity index (χ1n) is 6.02. The van der Waals surface area contributed by atoms with Gasteiger partial charge in [-0.2, -0.15) is 0 Å². The standard InChI is InChI=1S/C15H14O2S/c16-9-8-11-5-3-6-13-10-12-4-1-2-7-14(12)18(17)15(11)13/h1-7,16H,8-10H2. The number of rotatable bonds is 2. The molecule has 0 aliphatic carbocycles. The van der Waals surface area contributed by atoms with Crippen LogP contribution in [0.4, 0.5) is 0 Å². The van der Waals surface area contributed by atoms with Crippen LogP contribution in [0.15, 0.2) is 52.3 Å². The largest absolute Gasteiger partial charge is 0.396 e. The van der Waals surface area contributed by atoms with Gasteiger partial charge < -0.3 is 5.11 Å². The summed E-state index contributed by atoms with van der Waals surface area (Å²) in [5.41, 5.74) is 3.27. The molecule has 1 atom stereocenters. The molecule has 1 unspecified atom stereocenters. The molecule has 1 aliphatic rings. The first-order chi connectivity index (χ1) is 8.81. The summed E-state index contributed by atoms with van der Waals surface area (Å²) in [4.78, 5) is 1.82. The Kier molecular flexibility index (Phi) is 3.02. The lowest BCUT2D eigenvalue weighted by Gasteiger charge is -2.21. The lowest BCUT2D eigenvalue weighted by atomic mass is 10.0. The average Bonchev–Trinajstić information content (AvgIpc) is 2.39. The minimum atomic E-state index is -1.11. The van der Waals surface area contributed by atoms with Crippen molar-refractivity contribution in [3.8, 4) is 0 Å². The molecular weight excluding hydrogens is 244 g/mol. The Labute approximate surface area is 109 Å². The van der Waals surface area contributed by atoms with Crippen LogP contribution in [0.25, 0.3) is 0 Å². The van der Waals surface area contributed by atoms with Crippen molar-refractivity contribution in [3.05, 3.63) is 59.2 Å². The minimum absolute atomic E-state index is 0.0926. The third-order valence-corrected chi connectivity index (χ3v) is 4.99. The van der Waals surface area contributed by atoms with E-state index in [0.717, 1.165) is 32.9 Å². The second-order valence-corrected chi connectivity index (χ2v) is 5.82. The van der Waals surface area contributed by atoms with E-state index in [-0.39, 0.29) is 6.61 Å². The predicted molar refractivity (Wildman–Crippen MR) is 71.2 cm³/mol. The number of benzene rings is 2. The van der Waals surface area contributed by atoms with E-state index < -0.39 is 10.8 Å². The number of hydrogen-bond donors (Lipinski definition) is 1. The second kappa shape index (κ2) is 4.67. The van der Waals surface area contributed by atoms with Crippen LogP contribution in [0.2, 0.25) is 0 Å². The number of fused-ring (bicyclic) bond motifs is 2. The molecule has 0 aromatic heterocycles. The molecule has 1 aliphatic heterocycles. The smallest absolute Gasteiger partial charge is 0.0858 e. The maximum atomic E-state index is 12.6. The van der Waals surface area contributed by atoms with Gasteiger partial charge >= 0.3 is 0 Å². The summed E-state index contributed by atoms with van der Waals surface area (Å²) in [6, 6.07) is 13.9. The highest BCUT2D eigenvalue weighted by atomic mass is 32.2. The summed E-state index contributed by atoms with van der Waals surface area (Å²) in [6.45, 7) is 0.0926. The Morgan fingerprint density at radius 3 is 2.67 bits per heavy atom. The van der Waals surface area contributed by atoms with Gasteiger partial charge in [-0.05, 0) is 35.6 Å². The first-order valence-corrected chi connectivity index (χ1v) is 7.17. The maximum absolute atomic E-state index is 12.6. The molecule has 3 heteroatoms. The van der Waals surface area contributed by atoms with E-state index >= 15 is 0 Å². The van der Waals surface area contributed by atoms with E-state index in [0.29, 0.717) is 6.42 Å². The van der Waals surface area contributed by atoms with E-state index in [2.05, 4.69) is 0 Å². The monoisotopic (exact) mass is 258 g/mol. The molecule has 2 aromatic rings. The number of aliphatic hydroxyl groups excluding tert-OH is 1. The molecule has 0 bridgehead atoms. The Morgan fingerprint density at radius 1 is 1.06 bits per heavy atom. The lowest BCUT2D eigenvalue weighted by molar-refractivity contribution is 0.298. The van der Waals surface area contributed by atoms with Gasteiger partial charge in [-0.3, -0.25) is 0 Å². The number of hydrogen-bond acceptors (Lipinski definition) is 2. The minimum Gasteiger partial charge on any atom is -0.396 e. The summed E-state index contributed by atoms with van der Waals surface area (Å²) < 4.78 is 12.6. The van der Waals surface area contributed by atoms with Gasteiger partial charge in [-0.25, -0.2) is 4.21 Å². The van der Waals surface area contributed by atoms with Crippen LogP contribution in [-0.2, 0) is 23.6 Å². The zero-order chi connectivity index (χ0) is 12.5. The fraction of sp³-hybridized carbons (Fsp3) is 0.200. The Balaban J connectivity index is 2.17. The Bertz CT molecular complexity index is 620. The molecule has 1 heterocycles. The van der Waals surface area contributed by atoms with Crippen molar-refractivity contribution in [1.82, 2.24) is 0 Å². The van der Waals surface area contributed by atoms with Crippen molar-refractivity contribution in [2.24, 2.45) is 0 Å². The van der Waals surface area contributed by atoms with Crippen LogP contribution in [0, 0.1) is 0 Å². The molecule has 0 saturated carbocycles. The van der Waals surface area contributed by atoms with Gasteiger partial charge in [-0.15, -0.1) is 0 Å². The van der Waals surface area contributed by atoms with E-state index in [9.17, 15) is 4.21 Å². The molecule has 2 nitrogen and oxygen atoms in total. The topological polar surface area (TPSA) is 37.3 Å². The molecule has 3 rings (SSSR count). The van der Waals surface area contributed by atoms with Crippen LogP contribution in [0.1, 0.15) is 16.7 Å². The molecule has 2 aromatic carbocycles. The van der Waals surface area contributed by atoms with Gasteiger partial charge in [0.2, 0.25) is 0 Å². The number of aliphatic hydroxyl groups is 1. The summed E-state index contributed by atoms with van der Waals surface area (Å²) in [7, 11) is -1.11. The SMILES string of the molecule is O=S1c2ccccc2Cc2cccc(CCO)c21. The molecule has 0 spiro atoms. The van der Waals surface area contributed by atoms with Crippen molar-refractivity contribution in [2.45, 2.75) is 22.6 Å². The van der Waals surface area contributed by atoms with Crippen LogP contribution in [0.3, 0.4) is 0 Å². The molecule has 0 saturated heterocycles. The van der Waals surface area contributed by atoms with E-state index in [1.165, 1.54) is 0 Å². The molecular formula is C15H14O2S. The van der Waals surface area contributed by atoms with Crippen LogP contribution in [0.5, 0.6) is 0 Å². The molecule has 0 fully saturated rings. The van der Waals surface area contributed by atoms with E-state index in [4.69, 9.17) is 5.11 Å². The lowest BCUT2D eigenvalue weighted by Crippen LogP contribution is -2.12. The van der Waals surface area contributed by atoms with Gasteiger partial charge in [0.1, 0.15) is 0 Å². The van der Waals surface area contributed by atoms with Crippen molar-refractivity contribution in [2.75, 3.05) is 6.61 Å². The first kappa shape index (κ1) is 11.6. The summed E-state index contributed by atoms with van der Waals surface area (Å²) >= 11 is 0. The van der Waals surface area contributed by atoms with Crippen LogP contribution < -0.4 is 0 Å². The van der Waals surface area contributed by atoms with Gasteiger partial charge in [0.25, 0.3) is 0 Å². The summed E-state index contributed by atoms with van der Waals surface area (Å²) in [6.07, 6.45) is 1.40. The summed E-state index contributed by atoms with van der Waals surface area (Å²) in [5.74, 6) is 0. The third-order valence-electron chi connectivity index (χ3n) is 3.30. The fourth-order valence-corrected chi connectivity index (χ4v) is 4.07.